The molecule has 0 amide bonds. The van der Waals surface area contributed by atoms with E-state index in [1.54, 1.807) is 7.11 Å². The number of hydrogen-bond acceptors (Lipinski definition) is 3. The maximum Gasteiger partial charge on any atom is 0.118 e. The van der Waals surface area contributed by atoms with Gasteiger partial charge in [0.15, 0.2) is 0 Å². The second kappa shape index (κ2) is 9.29. The lowest BCUT2D eigenvalue weighted by Gasteiger charge is -2.13. The second-order valence-electron chi connectivity index (χ2n) is 4.59. The summed E-state index contributed by atoms with van der Waals surface area (Å²) in [7, 11) is 1.70. The van der Waals surface area contributed by atoms with E-state index >= 15 is 0 Å². The zero-order valence-electron chi connectivity index (χ0n) is 11.7. The SMILES string of the molecule is COc1ccc(CCC(C)NCCCSC)cc1. The van der Waals surface area contributed by atoms with Gasteiger partial charge in [0.05, 0.1) is 7.11 Å². The van der Waals surface area contributed by atoms with Crippen LogP contribution in [0, 0.1) is 0 Å². The van der Waals surface area contributed by atoms with E-state index in [4.69, 9.17) is 4.74 Å². The Labute approximate surface area is 116 Å². The van der Waals surface area contributed by atoms with Crippen molar-refractivity contribution < 1.29 is 4.74 Å². The Hall–Kier alpha value is -0.670. The van der Waals surface area contributed by atoms with E-state index in [0.717, 1.165) is 18.7 Å². The molecule has 1 aromatic rings. The molecule has 0 spiro atoms. The number of thioether (sulfide) groups is 1. The van der Waals surface area contributed by atoms with Crippen molar-refractivity contribution in [3.8, 4) is 5.75 Å². The van der Waals surface area contributed by atoms with Gasteiger partial charge in [0, 0.05) is 6.04 Å². The number of hydrogen-bond donors (Lipinski definition) is 1. The Morgan fingerprint density at radius 1 is 1.28 bits per heavy atom. The Bertz CT molecular complexity index is 313. The first-order valence-electron chi connectivity index (χ1n) is 6.61. The predicted octanol–water partition coefficient (Wildman–Crippen LogP) is 3.36. The number of rotatable bonds is 9. The van der Waals surface area contributed by atoms with E-state index in [2.05, 4.69) is 30.6 Å². The molecule has 1 aromatic carbocycles. The Morgan fingerprint density at radius 2 is 2.00 bits per heavy atom. The molecule has 0 fully saturated rings. The van der Waals surface area contributed by atoms with Crippen LogP contribution >= 0.6 is 11.8 Å². The van der Waals surface area contributed by atoms with Gasteiger partial charge in [-0.15, -0.1) is 0 Å². The van der Waals surface area contributed by atoms with Gasteiger partial charge in [-0.3, -0.25) is 0 Å². The summed E-state index contributed by atoms with van der Waals surface area (Å²) in [5.74, 6) is 2.18. The predicted molar refractivity (Wildman–Crippen MR) is 81.8 cm³/mol. The standard InChI is InChI=1S/C15H25NOS/c1-13(16-11-4-12-18-3)5-6-14-7-9-15(17-2)10-8-14/h7-10,13,16H,4-6,11-12H2,1-3H3. The highest BCUT2D eigenvalue weighted by Crippen LogP contribution is 2.13. The number of nitrogens with one attached hydrogen (secondary N) is 1. The van der Waals surface area contributed by atoms with Crippen LogP contribution in [0.15, 0.2) is 24.3 Å². The maximum absolute atomic E-state index is 5.16. The first kappa shape index (κ1) is 15.4. The topological polar surface area (TPSA) is 21.3 Å². The first-order chi connectivity index (χ1) is 8.76. The fourth-order valence-corrected chi connectivity index (χ4v) is 2.28. The molecular weight excluding hydrogens is 242 g/mol. The molecule has 0 aromatic heterocycles. The molecule has 0 aliphatic rings. The van der Waals surface area contributed by atoms with E-state index in [9.17, 15) is 0 Å². The van der Waals surface area contributed by atoms with Crippen molar-refractivity contribution in [3.05, 3.63) is 29.8 Å². The van der Waals surface area contributed by atoms with Crippen LogP contribution in [0.5, 0.6) is 5.75 Å². The molecule has 3 heteroatoms. The van der Waals surface area contributed by atoms with Crippen LogP contribution in [0.2, 0.25) is 0 Å². The number of aryl methyl sites for hydroxylation is 1. The monoisotopic (exact) mass is 267 g/mol. The van der Waals surface area contributed by atoms with Crippen molar-refractivity contribution in [2.24, 2.45) is 0 Å². The van der Waals surface area contributed by atoms with Gasteiger partial charge in [-0.05, 0) is 62.4 Å². The zero-order valence-corrected chi connectivity index (χ0v) is 12.6. The van der Waals surface area contributed by atoms with Crippen LogP contribution in [0.4, 0.5) is 0 Å². The minimum atomic E-state index is 0.592. The summed E-state index contributed by atoms with van der Waals surface area (Å²) in [4.78, 5) is 0. The molecule has 0 saturated carbocycles. The zero-order chi connectivity index (χ0) is 13.2. The lowest BCUT2D eigenvalue weighted by atomic mass is 10.1. The van der Waals surface area contributed by atoms with Gasteiger partial charge in [0.1, 0.15) is 5.75 Å². The molecule has 2 nitrogen and oxygen atoms in total. The summed E-state index contributed by atoms with van der Waals surface area (Å²) < 4.78 is 5.16. The lowest BCUT2D eigenvalue weighted by molar-refractivity contribution is 0.414. The van der Waals surface area contributed by atoms with Gasteiger partial charge < -0.3 is 10.1 Å². The molecule has 102 valence electrons. The second-order valence-corrected chi connectivity index (χ2v) is 5.57. The molecule has 0 aliphatic heterocycles. The fourth-order valence-electron chi connectivity index (χ4n) is 1.84. The Kier molecular flexibility index (Phi) is 7.94. The molecule has 1 atom stereocenters. The Morgan fingerprint density at radius 3 is 2.61 bits per heavy atom. The molecule has 0 aliphatic carbocycles. The molecular formula is C15H25NOS. The van der Waals surface area contributed by atoms with Crippen LogP contribution < -0.4 is 10.1 Å². The van der Waals surface area contributed by atoms with Crippen LogP contribution in [-0.2, 0) is 6.42 Å². The van der Waals surface area contributed by atoms with Gasteiger partial charge in [-0.25, -0.2) is 0 Å². The highest BCUT2D eigenvalue weighted by Gasteiger charge is 2.02. The van der Waals surface area contributed by atoms with Gasteiger partial charge in [-0.2, -0.15) is 11.8 Å². The van der Waals surface area contributed by atoms with Gasteiger partial charge in [0.2, 0.25) is 0 Å². The molecule has 18 heavy (non-hydrogen) atoms. The average Bonchev–Trinajstić information content (AvgIpc) is 2.42. The fraction of sp³-hybridized carbons (Fsp3) is 0.600. The van der Waals surface area contributed by atoms with Crippen molar-refractivity contribution in [3.63, 3.8) is 0 Å². The van der Waals surface area contributed by atoms with Crippen LogP contribution in [-0.4, -0.2) is 31.7 Å². The van der Waals surface area contributed by atoms with Crippen molar-refractivity contribution in [2.45, 2.75) is 32.2 Å². The van der Waals surface area contributed by atoms with E-state index in [1.807, 2.05) is 23.9 Å². The third-order valence-electron chi connectivity index (χ3n) is 3.04. The van der Waals surface area contributed by atoms with Gasteiger partial charge in [-0.1, -0.05) is 12.1 Å². The molecule has 1 rings (SSSR count). The lowest BCUT2D eigenvalue weighted by Crippen LogP contribution is -2.27. The average molecular weight is 267 g/mol. The largest absolute Gasteiger partial charge is 0.497 e. The molecule has 0 radical (unpaired) electrons. The summed E-state index contributed by atoms with van der Waals surface area (Å²) in [5, 5.41) is 3.57. The summed E-state index contributed by atoms with van der Waals surface area (Å²) in [6, 6.07) is 8.96. The summed E-state index contributed by atoms with van der Waals surface area (Å²) in [5.41, 5.74) is 1.38. The molecule has 1 unspecified atom stereocenters. The molecule has 0 heterocycles. The van der Waals surface area contributed by atoms with Crippen molar-refractivity contribution in [1.29, 1.82) is 0 Å². The minimum absolute atomic E-state index is 0.592. The highest BCUT2D eigenvalue weighted by molar-refractivity contribution is 7.98. The van der Waals surface area contributed by atoms with Crippen molar-refractivity contribution >= 4 is 11.8 Å². The minimum Gasteiger partial charge on any atom is -0.497 e. The summed E-state index contributed by atoms with van der Waals surface area (Å²) in [6.07, 6.45) is 5.73. The smallest absolute Gasteiger partial charge is 0.118 e. The van der Waals surface area contributed by atoms with Gasteiger partial charge in [0.25, 0.3) is 0 Å². The number of benzene rings is 1. The maximum atomic E-state index is 5.16. The van der Waals surface area contributed by atoms with Crippen molar-refractivity contribution in [2.75, 3.05) is 25.7 Å². The van der Waals surface area contributed by atoms with Crippen LogP contribution in [0.25, 0.3) is 0 Å². The van der Waals surface area contributed by atoms with Gasteiger partial charge >= 0.3 is 0 Å². The van der Waals surface area contributed by atoms with Crippen molar-refractivity contribution in [1.82, 2.24) is 5.32 Å². The summed E-state index contributed by atoms with van der Waals surface area (Å²) >= 11 is 1.92. The van der Waals surface area contributed by atoms with E-state index in [0.29, 0.717) is 6.04 Å². The molecule has 0 saturated heterocycles. The normalized spacial score (nSPS) is 12.4. The third kappa shape index (κ3) is 6.31. The molecule has 1 N–H and O–H groups in total. The van der Waals surface area contributed by atoms with E-state index in [1.165, 1.54) is 24.2 Å². The quantitative estimate of drug-likeness (QED) is 0.693. The first-order valence-corrected chi connectivity index (χ1v) is 8.01. The molecule has 0 bridgehead atoms. The Balaban J connectivity index is 2.18. The number of methoxy groups -OCH3 is 1. The number of ether oxygens (including phenoxy) is 1. The van der Waals surface area contributed by atoms with E-state index in [-0.39, 0.29) is 0 Å². The highest BCUT2D eigenvalue weighted by atomic mass is 32.2. The van der Waals surface area contributed by atoms with Crippen LogP contribution in [0.3, 0.4) is 0 Å². The summed E-state index contributed by atoms with van der Waals surface area (Å²) in [6.45, 7) is 3.40. The van der Waals surface area contributed by atoms with E-state index < -0.39 is 0 Å². The third-order valence-corrected chi connectivity index (χ3v) is 3.74. The van der Waals surface area contributed by atoms with Crippen LogP contribution in [0.1, 0.15) is 25.3 Å².